The van der Waals surface area contributed by atoms with E-state index in [1.165, 1.54) is 0 Å². The summed E-state index contributed by atoms with van der Waals surface area (Å²) in [5, 5.41) is 0. The molecule has 1 rings (SSSR count). The van der Waals surface area contributed by atoms with Gasteiger partial charge in [0.05, 0.1) is 0 Å². The maximum atomic E-state index is 11.4. The van der Waals surface area contributed by atoms with E-state index in [1.807, 2.05) is 31.2 Å². The normalized spacial score (nSPS) is 9.79. The fraction of sp³-hybridized carbons (Fsp3) is 0.333. The molecule has 1 aromatic rings. The zero-order valence-electron chi connectivity index (χ0n) is 8.32. The third-order valence-corrected chi connectivity index (χ3v) is 2.12. The predicted octanol–water partition coefficient (Wildman–Crippen LogP) is 2.41. The van der Waals surface area contributed by atoms with E-state index in [0.717, 1.165) is 17.4 Å². The minimum Gasteiger partial charge on any atom is -0.303 e. The van der Waals surface area contributed by atoms with Crippen molar-refractivity contribution in [1.29, 1.82) is 0 Å². The maximum Gasteiger partial charge on any atom is 0.162 e. The van der Waals surface area contributed by atoms with Crippen LogP contribution in [0.2, 0.25) is 0 Å². The van der Waals surface area contributed by atoms with E-state index < -0.39 is 0 Å². The van der Waals surface area contributed by atoms with Gasteiger partial charge in [-0.1, -0.05) is 25.1 Å². The molecule has 0 unspecified atom stereocenters. The summed E-state index contributed by atoms with van der Waals surface area (Å²) in [4.78, 5) is 21.6. The van der Waals surface area contributed by atoms with Crippen LogP contribution in [-0.2, 0) is 11.2 Å². The quantitative estimate of drug-likeness (QED) is 0.527. The van der Waals surface area contributed by atoms with Gasteiger partial charge in [0.25, 0.3) is 0 Å². The van der Waals surface area contributed by atoms with Crippen LogP contribution in [0.1, 0.15) is 35.7 Å². The summed E-state index contributed by atoms with van der Waals surface area (Å²) in [6.45, 7) is 1.85. The van der Waals surface area contributed by atoms with E-state index in [1.54, 1.807) is 0 Å². The highest BCUT2D eigenvalue weighted by Crippen LogP contribution is 2.09. The number of carbonyl (C=O) groups is 2. The minimum absolute atomic E-state index is 0.151. The number of hydrogen-bond donors (Lipinski definition) is 0. The van der Waals surface area contributed by atoms with Gasteiger partial charge < -0.3 is 4.79 Å². The van der Waals surface area contributed by atoms with Gasteiger partial charge >= 0.3 is 0 Å². The molecule has 0 N–H and O–H groups in total. The highest BCUT2D eigenvalue weighted by molar-refractivity contribution is 5.95. The summed E-state index contributed by atoms with van der Waals surface area (Å²) in [6, 6.07) is 7.49. The molecule has 2 heteroatoms. The third kappa shape index (κ3) is 2.80. The second-order valence-corrected chi connectivity index (χ2v) is 3.18. The first-order chi connectivity index (χ1) is 6.77. The molecule has 0 saturated carbocycles. The summed E-state index contributed by atoms with van der Waals surface area (Å²) >= 11 is 0. The largest absolute Gasteiger partial charge is 0.303 e. The first-order valence-corrected chi connectivity index (χ1v) is 4.83. The number of carbonyl (C=O) groups excluding carboxylic acids is 2. The summed E-state index contributed by atoms with van der Waals surface area (Å²) in [6.07, 6.45) is 2.66. The molecular formula is C12H14O2. The van der Waals surface area contributed by atoms with Crippen molar-refractivity contribution >= 4 is 12.1 Å². The second-order valence-electron chi connectivity index (χ2n) is 3.18. The van der Waals surface area contributed by atoms with Crippen LogP contribution in [0, 0.1) is 0 Å². The molecule has 0 amide bonds. The number of benzene rings is 1. The standard InChI is InChI=1S/C12H14O2/c1-2-12(14)11-7-3-5-10(9-11)6-4-8-13/h3,5,7-9H,2,4,6H2,1H3. The number of rotatable bonds is 5. The molecule has 0 radical (unpaired) electrons. The number of ketones is 1. The Bertz CT molecular complexity index is 329. The van der Waals surface area contributed by atoms with Crippen molar-refractivity contribution in [2.75, 3.05) is 0 Å². The molecule has 0 bridgehead atoms. The zero-order valence-corrected chi connectivity index (χ0v) is 8.32. The molecule has 0 heterocycles. The van der Waals surface area contributed by atoms with Crippen LogP contribution in [0.15, 0.2) is 24.3 Å². The average molecular weight is 190 g/mol. The van der Waals surface area contributed by atoms with Crippen molar-refractivity contribution in [3.63, 3.8) is 0 Å². The van der Waals surface area contributed by atoms with Crippen molar-refractivity contribution in [2.45, 2.75) is 26.2 Å². The lowest BCUT2D eigenvalue weighted by Gasteiger charge is -2.01. The minimum atomic E-state index is 0.151. The van der Waals surface area contributed by atoms with Gasteiger partial charge in [-0.25, -0.2) is 0 Å². The van der Waals surface area contributed by atoms with Gasteiger partial charge in [0.15, 0.2) is 5.78 Å². The van der Waals surface area contributed by atoms with Crippen molar-refractivity contribution in [2.24, 2.45) is 0 Å². The monoisotopic (exact) mass is 190 g/mol. The van der Waals surface area contributed by atoms with Crippen LogP contribution in [0.25, 0.3) is 0 Å². The van der Waals surface area contributed by atoms with E-state index in [4.69, 9.17) is 0 Å². The van der Waals surface area contributed by atoms with E-state index in [9.17, 15) is 9.59 Å². The Kier molecular flexibility index (Phi) is 4.05. The fourth-order valence-electron chi connectivity index (χ4n) is 1.33. The van der Waals surface area contributed by atoms with E-state index in [0.29, 0.717) is 19.3 Å². The highest BCUT2D eigenvalue weighted by Gasteiger charge is 2.02. The Labute approximate surface area is 83.9 Å². The Balaban J connectivity index is 2.78. The molecule has 0 spiro atoms. The lowest BCUT2D eigenvalue weighted by molar-refractivity contribution is -0.107. The Morgan fingerprint density at radius 3 is 2.86 bits per heavy atom. The molecule has 0 saturated heterocycles. The van der Waals surface area contributed by atoms with Crippen LogP contribution in [-0.4, -0.2) is 12.1 Å². The molecule has 0 atom stereocenters. The van der Waals surface area contributed by atoms with Gasteiger partial charge in [0.2, 0.25) is 0 Å². The Hall–Kier alpha value is -1.44. The van der Waals surface area contributed by atoms with Gasteiger partial charge in [0.1, 0.15) is 6.29 Å². The maximum absolute atomic E-state index is 11.4. The SMILES string of the molecule is CCC(=O)c1cccc(CCC=O)c1. The van der Waals surface area contributed by atoms with E-state index in [2.05, 4.69) is 0 Å². The van der Waals surface area contributed by atoms with Crippen LogP contribution in [0.5, 0.6) is 0 Å². The van der Waals surface area contributed by atoms with Crippen LogP contribution < -0.4 is 0 Å². The smallest absolute Gasteiger partial charge is 0.162 e. The van der Waals surface area contributed by atoms with Crippen molar-refractivity contribution in [3.05, 3.63) is 35.4 Å². The van der Waals surface area contributed by atoms with Gasteiger partial charge in [0, 0.05) is 18.4 Å². The van der Waals surface area contributed by atoms with Crippen molar-refractivity contribution in [3.8, 4) is 0 Å². The summed E-state index contributed by atoms with van der Waals surface area (Å²) in [7, 11) is 0. The molecule has 1 aromatic carbocycles. The molecule has 0 aliphatic rings. The van der Waals surface area contributed by atoms with E-state index in [-0.39, 0.29) is 5.78 Å². The van der Waals surface area contributed by atoms with Gasteiger partial charge in [-0.2, -0.15) is 0 Å². The fourth-order valence-corrected chi connectivity index (χ4v) is 1.33. The second kappa shape index (κ2) is 5.32. The average Bonchev–Trinajstić information content (AvgIpc) is 2.25. The van der Waals surface area contributed by atoms with E-state index >= 15 is 0 Å². The molecule has 0 aromatic heterocycles. The first kappa shape index (κ1) is 10.6. The molecule has 2 nitrogen and oxygen atoms in total. The van der Waals surface area contributed by atoms with Crippen LogP contribution in [0.3, 0.4) is 0 Å². The Morgan fingerprint density at radius 2 is 2.21 bits per heavy atom. The Morgan fingerprint density at radius 1 is 1.43 bits per heavy atom. The number of aryl methyl sites for hydroxylation is 1. The number of aldehydes is 1. The number of Topliss-reactive ketones (excluding diaryl/α,β-unsaturated/α-hetero) is 1. The van der Waals surface area contributed by atoms with Crippen LogP contribution in [0.4, 0.5) is 0 Å². The lowest BCUT2D eigenvalue weighted by atomic mass is 10.0. The summed E-state index contributed by atoms with van der Waals surface area (Å²) in [5.41, 5.74) is 1.80. The van der Waals surface area contributed by atoms with Crippen LogP contribution >= 0.6 is 0 Å². The predicted molar refractivity (Wildman–Crippen MR) is 55.4 cm³/mol. The third-order valence-electron chi connectivity index (χ3n) is 2.12. The molecular weight excluding hydrogens is 176 g/mol. The lowest BCUT2D eigenvalue weighted by Crippen LogP contribution is -1.97. The summed E-state index contributed by atoms with van der Waals surface area (Å²) < 4.78 is 0. The van der Waals surface area contributed by atoms with Gasteiger partial charge in [-0.05, 0) is 18.1 Å². The molecule has 74 valence electrons. The van der Waals surface area contributed by atoms with Crippen molar-refractivity contribution in [1.82, 2.24) is 0 Å². The number of hydrogen-bond acceptors (Lipinski definition) is 2. The molecule has 0 aliphatic carbocycles. The topological polar surface area (TPSA) is 34.1 Å². The zero-order chi connectivity index (χ0) is 10.4. The highest BCUT2D eigenvalue weighted by atomic mass is 16.1. The van der Waals surface area contributed by atoms with Gasteiger partial charge in [-0.3, -0.25) is 4.79 Å². The summed E-state index contributed by atoms with van der Waals surface area (Å²) in [5.74, 6) is 0.151. The molecule has 0 fully saturated rings. The van der Waals surface area contributed by atoms with Crippen molar-refractivity contribution < 1.29 is 9.59 Å². The van der Waals surface area contributed by atoms with Gasteiger partial charge in [-0.15, -0.1) is 0 Å². The first-order valence-electron chi connectivity index (χ1n) is 4.83. The molecule has 14 heavy (non-hydrogen) atoms. The molecule has 0 aliphatic heterocycles.